The Balaban J connectivity index is 0.00000144. The van der Waals surface area contributed by atoms with Crippen LogP contribution in [0, 0.1) is 5.92 Å². The van der Waals surface area contributed by atoms with Crippen LogP contribution >= 0.6 is 24.0 Å². The van der Waals surface area contributed by atoms with Gasteiger partial charge in [0.1, 0.15) is 5.75 Å². The Morgan fingerprint density at radius 3 is 2.71 bits per heavy atom. The molecule has 0 heterocycles. The summed E-state index contributed by atoms with van der Waals surface area (Å²) >= 11 is 6.15. The maximum absolute atomic E-state index is 6.15. The molecule has 0 radical (unpaired) electrons. The highest BCUT2D eigenvalue weighted by molar-refractivity contribution is 6.32. The van der Waals surface area contributed by atoms with Gasteiger partial charge in [-0.1, -0.05) is 17.7 Å². The molecular weight excluding hydrogens is 257 g/mol. The molecule has 1 aliphatic rings. The monoisotopic (exact) mass is 275 g/mol. The average Bonchev–Trinajstić information content (AvgIpc) is 2.99. The predicted molar refractivity (Wildman–Crippen MR) is 74.3 cm³/mol. The molecule has 0 spiro atoms. The van der Waals surface area contributed by atoms with Gasteiger partial charge >= 0.3 is 0 Å². The molecule has 2 N–H and O–H groups in total. The van der Waals surface area contributed by atoms with Gasteiger partial charge in [-0.25, -0.2) is 0 Å². The zero-order valence-electron chi connectivity index (χ0n) is 9.99. The van der Waals surface area contributed by atoms with Gasteiger partial charge in [0.15, 0.2) is 0 Å². The molecule has 1 fully saturated rings. The zero-order valence-corrected chi connectivity index (χ0v) is 11.6. The number of rotatable bonds is 5. The van der Waals surface area contributed by atoms with Crippen molar-refractivity contribution in [3.8, 4) is 5.75 Å². The lowest BCUT2D eigenvalue weighted by Crippen LogP contribution is -2.17. The van der Waals surface area contributed by atoms with Gasteiger partial charge in [-0.05, 0) is 49.8 Å². The molecule has 1 atom stereocenters. The Morgan fingerprint density at radius 2 is 2.18 bits per heavy atom. The molecule has 1 aromatic carbocycles. The van der Waals surface area contributed by atoms with Crippen LogP contribution in [0.1, 0.15) is 25.3 Å². The van der Waals surface area contributed by atoms with E-state index in [1.54, 1.807) is 0 Å². The SMILES string of the molecule is CC(N)Cc1ccc(OCC2CC2)c(Cl)c1.Cl. The van der Waals surface area contributed by atoms with Crippen LogP contribution in [0.25, 0.3) is 0 Å². The lowest BCUT2D eigenvalue weighted by molar-refractivity contribution is 0.300. The number of benzene rings is 1. The number of ether oxygens (including phenoxy) is 1. The quantitative estimate of drug-likeness (QED) is 0.894. The minimum atomic E-state index is 0. The van der Waals surface area contributed by atoms with Gasteiger partial charge in [-0.2, -0.15) is 0 Å². The summed E-state index contributed by atoms with van der Waals surface area (Å²) in [7, 11) is 0. The van der Waals surface area contributed by atoms with Crippen LogP contribution in [-0.2, 0) is 6.42 Å². The summed E-state index contributed by atoms with van der Waals surface area (Å²) in [6, 6.07) is 6.10. The van der Waals surface area contributed by atoms with Crippen molar-refractivity contribution in [1.82, 2.24) is 0 Å². The first-order chi connectivity index (χ1) is 7.65. The lowest BCUT2D eigenvalue weighted by Gasteiger charge is -2.10. The fourth-order valence-electron chi connectivity index (χ4n) is 1.65. The Kier molecular flexibility index (Phi) is 5.57. The summed E-state index contributed by atoms with van der Waals surface area (Å²) < 4.78 is 5.66. The number of hydrogen-bond donors (Lipinski definition) is 1. The average molecular weight is 276 g/mol. The molecule has 4 heteroatoms. The molecule has 1 saturated carbocycles. The molecule has 0 amide bonds. The van der Waals surface area contributed by atoms with E-state index in [0.717, 1.165) is 24.7 Å². The highest BCUT2D eigenvalue weighted by Crippen LogP contribution is 2.32. The van der Waals surface area contributed by atoms with Gasteiger partial charge < -0.3 is 10.5 Å². The molecular formula is C13H19Cl2NO. The van der Waals surface area contributed by atoms with E-state index < -0.39 is 0 Å². The van der Waals surface area contributed by atoms with Crippen LogP contribution in [0.5, 0.6) is 5.75 Å². The maximum atomic E-state index is 6.15. The minimum Gasteiger partial charge on any atom is -0.492 e. The first-order valence-corrected chi connectivity index (χ1v) is 6.20. The molecule has 0 bridgehead atoms. The molecule has 1 aromatic rings. The Labute approximate surface area is 114 Å². The number of nitrogens with two attached hydrogens (primary N) is 1. The third kappa shape index (κ3) is 4.74. The second-order valence-corrected chi connectivity index (χ2v) is 5.11. The van der Waals surface area contributed by atoms with E-state index in [0.29, 0.717) is 5.02 Å². The van der Waals surface area contributed by atoms with Gasteiger partial charge in [-0.15, -0.1) is 12.4 Å². The summed E-state index contributed by atoms with van der Waals surface area (Å²) in [5.74, 6) is 1.54. The highest BCUT2D eigenvalue weighted by atomic mass is 35.5. The van der Waals surface area contributed by atoms with Crippen molar-refractivity contribution in [3.05, 3.63) is 28.8 Å². The van der Waals surface area contributed by atoms with E-state index in [4.69, 9.17) is 22.1 Å². The summed E-state index contributed by atoms with van der Waals surface area (Å²) in [4.78, 5) is 0. The number of hydrogen-bond acceptors (Lipinski definition) is 2. The third-order valence-corrected chi connectivity index (χ3v) is 3.02. The molecule has 0 saturated heterocycles. The van der Waals surface area contributed by atoms with Crippen molar-refractivity contribution in [2.24, 2.45) is 11.7 Å². The van der Waals surface area contributed by atoms with Crippen LogP contribution < -0.4 is 10.5 Å². The van der Waals surface area contributed by atoms with Gasteiger partial charge in [0.2, 0.25) is 0 Å². The second kappa shape index (κ2) is 6.48. The van der Waals surface area contributed by atoms with Crippen LogP contribution in [0.2, 0.25) is 5.02 Å². The van der Waals surface area contributed by atoms with Gasteiger partial charge in [0, 0.05) is 6.04 Å². The minimum absolute atomic E-state index is 0. The smallest absolute Gasteiger partial charge is 0.137 e. The largest absolute Gasteiger partial charge is 0.492 e. The van der Waals surface area contributed by atoms with Crippen LogP contribution in [-0.4, -0.2) is 12.6 Å². The Morgan fingerprint density at radius 1 is 1.47 bits per heavy atom. The molecule has 2 nitrogen and oxygen atoms in total. The second-order valence-electron chi connectivity index (χ2n) is 4.70. The maximum Gasteiger partial charge on any atom is 0.137 e. The standard InChI is InChI=1S/C13H18ClNO.ClH/c1-9(15)6-11-4-5-13(12(14)7-11)16-8-10-2-3-10;/h4-5,7,9-10H,2-3,6,8,15H2,1H3;1H. The number of halogens is 2. The predicted octanol–water partition coefficient (Wildman–Crippen LogP) is 3.44. The summed E-state index contributed by atoms with van der Waals surface area (Å²) in [6.07, 6.45) is 3.43. The highest BCUT2D eigenvalue weighted by Gasteiger charge is 2.22. The van der Waals surface area contributed by atoms with Gasteiger partial charge in [0.05, 0.1) is 11.6 Å². The molecule has 0 aromatic heterocycles. The van der Waals surface area contributed by atoms with Crippen LogP contribution in [0.15, 0.2) is 18.2 Å². The molecule has 17 heavy (non-hydrogen) atoms. The van der Waals surface area contributed by atoms with Crippen molar-refractivity contribution in [1.29, 1.82) is 0 Å². The van der Waals surface area contributed by atoms with E-state index >= 15 is 0 Å². The van der Waals surface area contributed by atoms with E-state index in [9.17, 15) is 0 Å². The lowest BCUT2D eigenvalue weighted by atomic mass is 10.1. The van der Waals surface area contributed by atoms with Gasteiger partial charge in [-0.3, -0.25) is 0 Å². The van der Waals surface area contributed by atoms with Crippen molar-refractivity contribution in [2.75, 3.05) is 6.61 Å². The molecule has 2 rings (SSSR count). The van der Waals surface area contributed by atoms with Gasteiger partial charge in [0.25, 0.3) is 0 Å². The molecule has 96 valence electrons. The first-order valence-electron chi connectivity index (χ1n) is 5.82. The van der Waals surface area contributed by atoms with E-state index in [2.05, 4.69) is 0 Å². The Bertz CT molecular complexity index is 364. The van der Waals surface area contributed by atoms with E-state index in [1.807, 2.05) is 25.1 Å². The van der Waals surface area contributed by atoms with E-state index in [1.165, 1.54) is 18.4 Å². The fraction of sp³-hybridized carbons (Fsp3) is 0.538. The summed E-state index contributed by atoms with van der Waals surface area (Å²) in [6.45, 7) is 2.79. The van der Waals surface area contributed by atoms with Crippen molar-refractivity contribution in [2.45, 2.75) is 32.2 Å². The molecule has 1 aliphatic carbocycles. The zero-order chi connectivity index (χ0) is 11.5. The van der Waals surface area contributed by atoms with Crippen LogP contribution in [0.3, 0.4) is 0 Å². The molecule has 1 unspecified atom stereocenters. The van der Waals surface area contributed by atoms with Crippen molar-refractivity contribution >= 4 is 24.0 Å². The van der Waals surface area contributed by atoms with Crippen LogP contribution in [0.4, 0.5) is 0 Å². The Hall–Kier alpha value is -0.440. The van der Waals surface area contributed by atoms with E-state index in [-0.39, 0.29) is 18.4 Å². The summed E-state index contributed by atoms with van der Waals surface area (Å²) in [5, 5.41) is 0.693. The summed E-state index contributed by atoms with van der Waals surface area (Å²) in [5.41, 5.74) is 6.91. The third-order valence-electron chi connectivity index (χ3n) is 2.73. The normalized spacial score (nSPS) is 16.2. The fourth-order valence-corrected chi connectivity index (χ4v) is 1.91. The topological polar surface area (TPSA) is 35.2 Å². The first kappa shape index (κ1) is 14.6. The molecule has 0 aliphatic heterocycles. The van der Waals surface area contributed by atoms with Crippen molar-refractivity contribution in [3.63, 3.8) is 0 Å². The van der Waals surface area contributed by atoms with Crippen molar-refractivity contribution < 1.29 is 4.74 Å².